The first-order chi connectivity index (χ1) is 10.2. The predicted molar refractivity (Wildman–Crippen MR) is 86.2 cm³/mol. The molecule has 0 bridgehead atoms. The Balaban J connectivity index is 1.91. The van der Waals surface area contributed by atoms with Gasteiger partial charge >= 0.3 is 0 Å². The van der Waals surface area contributed by atoms with E-state index in [2.05, 4.69) is 12.2 Å². The van der Waals surface area contributed by atoms with Crippen LogP contribution in [0.4, 0.5) is 4.39 Å². The zero-order valence-electron chi connectivity index (χ0n) is 12.6. The molecule has 0 saturated heterocycles. The van der Waals surface area contributed by atoms with Gasteiger partial charge in [0.1, 0.15) is 10.8 Å². The maximum absolute atomic E-state index is 13.8. The van der Waals surface area contributed by atoms with Crippen molar-refractivity contribution in [3.8, 4) is 10.6 Å². The monoisotopic (exact) mass is 304 g/mol. The van der Waals surface area contributed by atoms with E-state index in [0.29, 0.717) is 11.6 Å². The van der Waals surface area contributed by atoms with Crippen LogP contribution in [0.25, 0.3) is 10.6 Å². The minimum absolute atomic E-state index is 0.152. The summed E-state index contributed by atoms with van der Waals surface area (Å²) in [6.45, 7) is 5.01. The fraction of sp³-hybridized carbons (Fsp3) is 0.471. The molecule has 1 heterocycles. The molecule has 4 heteroatoms. The molecule has 1 aliphatic carbocycles. The van der Waals surface area contributed by atoms with Crippen molar-refractivity contribution >= 4 is 11.3 Å². The lowest BCUT2D eigenvalue weighted by Crippen LogP contribution is -2.24. The molecule has 3 rings (SSSR count). The number of benzene rings is 1. The molecular weight excluding hydrogens is 283 g/mol. The van der Waals surface area contributed by atoms with Gasteiger partial charge in [-0.05, 0) is 50.8 Å². The van der Waals surface area contributed by atoms with Crippen molar-refractivity contribution in [1.29, 1.82) is 0 Å². The number of hydrogen-bond donors (Lipinski definition) is 1. The lowest BCUT2D eigenvalue weighted by molar-refractivity contribution is 0.465. The van der Waals surface area contributed by atoms with Gasteiger partial charge in [-0.3, -0.25) is 0 Å². The molecule has 1 atom stereocenters. The Morgan fingerprint density at radius 3 is 3.05 bits per heavy atom. The van der Waals surface area contributed by atoms with Crippen molar-refractivity contribution in [2.45, 2.75) is 45.6 Å². The minimum atomic E-state index is -0.152. The topological polar surface area (TPSA) is 24.9 Å². The molecule has 0 radical (unpaired) electrons. The van der Waals surface area contributed by atoms with E-state index in [1.165, 1.54) is 23.4 Å². The summed E-state index contributed by atoms with van der Waals surface area (Å²) in [6.07, 6.45) is 4.54. The van der Waals surface area contributed by atoms with Crippen molar-refractivity contribution in [2.75, 3.05) is 6.54 Å². The number of hydrogen-bond acceptors (Lipinski definition) is 3. The van der Waals surface area contributed by atoms with Crippen LogP contribution in [0.2, 0.25) is 0 Å². The largest absolute Gasteiger partial charge is 0.309 e. The van der Waals surface area contributed by atoms with Crippen LogP contribution >= 0.6 is 11.3 Å². The van der Waals surface area contributed by atoms with Crippen molar-refractivity contribution in [2.24, 2.45) is 0 Å². The van der Waals surface area contributed by atoms with Crippen molar-refractivity contribution < 1.29 is 4.39 Å². The average Bonchev–Trinajstić information content (AvgIpc) is 2.92. The molecule has 0 fully saturated rings. The summed E-state index contributed by atoms with van der Waals surface area (Å²) in [7, 11) is 0. The standard InChI is InChI=1S/C17H21FN2S/c1-3-9-19-14-5-4-6-15-16(14)21-17(20-15)12-8-7-11(2)13(18)10-12/h7-8,10,14,19H,3-6,9H2,1-2H3. The lowest BCUT2D eigenvalue weighted by Gasteiger charge is -2.22. The predicted octanol–water partition coefficient (Wildman–Crippen LogP) is 4.63. The second-order valence-electron chi connectivity index (χ2n) is 5.69. The summed E-state index contributed by atoms with van der Waals surface area (Å²) < 4.78 is 13.8. The molecule has 2 aromatic rings. The van der Waals surface area contributed by atoms with Gasteiger partial charge in [0.2, 0.25) is 0 Å². The molecule has 1 aliphatic rings. The van der Waals surface area contributed by atoms with E-state index in [1.54, 1.807) is 24.3 Å². The van der Waals surface area contributed by atoms with E-state index < -0.39 is 0 Å². The highest BCUT2D eigenvalue weighted by molar-refractivity contribution is 7.15. The fourth-order valence-electron chi connectivity index (χ4n) is 2.78. The summed E-state index contributed by atoms with van der Waals surface area (Å²) in [5.74, 6) is -0.152. The Bertz CT molecular complexity index is 636. The van der Waals surface area contributed by atoms with Crippen LogP contribution < -0.4 is 5.32 Å². The van der Waals surface area contributed by atoms with Gasteiger partial charge in [0.15, 0.2) is 0 Å². The van der Waals surface area contributed by atoms with Crippen LogP contribution in [0.5, 0.6) is 0 Å². The number of nitrogens with zero attached hydrogens (tertiary/aromatic N) is 1. The van der Waals surface area contributed by atoms with E-state index in [0.717, 1.165) is 30.0 Å². The van der Waals surface area contributed by atoms with Crippen LogP contribution in [0.1, 0.15) is 48.4 Å². The molecular formula is C17H21FN2S. The lowest BCUT2D eigenvalue weighted by atomic mass is 9.98. The van der Waals surface area contributed by atoms with Gasteiger partial charge in [-0.25, -0.2) is 9.37 Å². The average molecular weight is 304 g/mol. The van der Waals surface area contributed by atoms with Crippen LogP contribution in [-0.2, 0) is 6.42 Å². The Morgan fingerprint density at radius 1 is 1.43 bits per heavy atom. The molecule has 1 unspecified atom stereocenters. The maximum Gasteiger partial charge on any atom is 0.126 e. The number of aryl methyl sites for hydroxylation is 2. The number of rotatable bonds is 4. The maximum atomic E-state index is 13.8. The fourth-order valence-corrected chi connectivity index (χ4v) is 4.00. The van der Waals surface area contributed by atoms with E-state index in [4.69, 9.17) is 4.98 Å². The molecule has 112 valence electrons. The van der Waals surface area contributed by atoms with Crippen molar-refractivity contribution in [1.82, 2.24) is 10.3 Å². The third-order valence-corrected chi connectivity index (χ3v) is 5.27. The number of fused-ring (bicyclic) bond motifs is 1. The van der Waals surface area contributed by atoms with Gasteiger partial charge in [0.05, 0.1) is 5.69 Å². The molecule has 0 saturated carbocycles. The highest BCUT2D eigenvalue weighted by Crippen LogP contribution is 2.38. The molecule has 0 amide bonds. The minimum Gasteiger partial charge on any atom is -0.309 e. The van der Waals surface area contributed by atoms with E-state index in [-0.39, 0.29) is 5.82 Å². The highest BCUT2D eigenvalue weighted by atomic mass is 32.1. The zero-order chi connectivity index (χ0) is 14.8. The Kier molecular flexibility index (Phi) is 4.36. The Hall–Kier alpha value is -1.26. The first-order valence-corrected chi connectivity index (χ1v) is 8.50. The highest BCUT2D eigenvalue weighted by Gasteiger charge is 2.24. The number of halogens is 1. The quantitative estimate of drug-likeness (QED) is 0.890. The van der Waals surface area contributed by atoms with Crippen LogP contribution in [0.15, 0.2) is 18.2 Å². The Morgan fingerprint density at radius 2 is 2.29 bits per heavy atom. The SMILES string of the molecule is CCCNC1CCCc2nc(-c3ccc(C)c(F)c3)sc21. The van der Waals surface area contributed by atoms with E-state index in [9.17, 15) is 4.39 Å². The van der Waals surface area contributed by atoms with Crippen LogP contribution in [0.3, 0.4) is 0 Å². The summed E-state index contributed by atoms with van der Waals surface area (Å²) >= 11 is 1.72. The molecule has 2 nitrogen and oxygen atoms in total. The third kappa shape index (κ3) is 3.01. The van der Waals surface area contributed by atoms with Gasteiger partial charge in [-0.15, -0.1) is 11.3 Å². The zero-order valence-corrected chi connectivity index (χ0v) is 13.4. The molecule has 1 aromatic carbocycles. The summed E-state index contributed by atoms with van der Waals surface area (Å²) in [5, 5.41) is 4.56. The van der Waals surface area contributed by atoms with E-state index >= 15 is 0 Å². The van der Waals surface area contributed by atoms with Crippen LogP contribution in [-0.4, -0.2) is 11.5 Å². The summed E-state index contributed by atoms with van der Waals surface area (Å²) in [5.41, 5.74) is 2.78. The smallest absolute Gasteiger partial charge is 0.126 e. The first-order valence-electron chi connectivity index (χ1n) is 7.68. The van der Waals surface area contributed by atoms with Crippen LogP contribution in [0, 0.1) is 12.7 Å². The number of aromatic nitrogens is 1. The number of thiazole rings is 1. The van der Waals surface area contributed by atoms with Gasteiger partial charge < -0.3 is 5.32 Å². The molecule has 21 heavy (non-hydrogen) atoms. The van der Waals surface area contributed by atoms with Gasteiger partial charge in [-0.2, -0.15) is 0 Å². The second kappa shape index (κ2) is 6.24. The summed E-state index contributed by atoms with van der Waals surface area (Å²) in [6, 6.07) is 5.83. The Labute approximate surface area is 129 Å². The molecule has 1 aromatic heterocycles. The van der Waals surface area contributed by atoms with Crippen molar-refractivity contribution in [3.63, 3.8) is 0 Å². The molecule has 1 N–H and O–H groups in total. The van der Waals surface area contributed by atoms with Crippen molar-refractivity contribution in [3.05, 3.63) is 40.2 Å². The number of nitrogens with one attached hydrogen (secondary N) is 1. The third-order valence-electron chi connectivity index (χ3n) is 4.01. The summed E-state index contributed by atoms with van der Waals surface area (Å²) in [4.78, 5) is 6.11. The normalized spacial score (nSPS) is 17.8. The van der Waals surface area contributed by atoms with Gasteiger partial charge in [-0.1, -0.05) is 19.1 Å². The second-order valence-corrected chi connectivity index (χ2v) is 6.72. The first kappa shape index (κ1) is 14.7. The van der Waals surface area contributed by atoms with Gasteiger partial charge in [0, 0.05) is 16.5 Å². The molecule has 0 spiro atoms. The molecule has 0 aliphatic heterocycles. The van der Waals surface area contributed by atoms with E-state index in [1.807, 2.05) is 12.1 Å². The van der Waals surface area contributed by atoms with Gasteiger partial charge in [0.25, 0.3) is 0 Å².